The van der Waals surface area contributed by atoms with Gasteiger partial charge < -0.3 is 14.3 Å². The van der Waals surface area contributed by atoms with E-state index in [-0.39, 0.29) is 15.1 Å². The van der Waals surface area contributed by atoms with Crippen LogP contribution < -0.4 is 5.32 Å². The van der Waals surface area contributed by atoms with E-state index in [9.17, 15) is 32.1 Å². The molecule has 0 aromatic carbocycles. The van der Waals surface area contributed by atoms with Crippen LogP contribution >= 0.6 is 11.3 Å². The molecular weight excluding hydrogens is 598 g/mol. The van der Waals surface area contributed by atoms with Crippen molar-refractivity contribution in [2.24, 2.45) is 16.2 Å². The number of β-lactam (4-membered cyclic amide) rings is 1. The first kappa shape index (κ1) is 34.4. The van der Waals surface area contributed by atoms with Crippen LogP contribution in [0, 0.1) is 5.92 Å². The molecule has 42 heavy (non-hydrogen) atoms. The van der Waals surface area contributed by atoms with Crippen LogP contribution in [0.25, 0.3) is 10.4 Å². The van der Waals surface area contributed by atoms with E-state index in [4.69, 9.17) is 19.8 Å². The van der Waals surface area contributed by atoms with Gasteiger partial charge in [-0.2, -0.15) is 8.42 Å². The van der Waals surface area contributed by atoms with Crippen LogP contribution in [0.4, 0.5) is 9.93 Å². The quantitative estimate of drug-likeness (QED) is 0.0525. The van der Waals surface area contributed by atoms with Crippen molar-refractivity contribution < 1.29 is 46.5 Å². The first-order valence-corrected chi connectivity index (χ1v) is 14.6. The lowest BCUT2D eigenvalue weighted by Gasteiger charge is -2.43. The summed E-state index contributed by atoms with van der Waals surface area (Å²) < 4.78 is 43.3. The van der Waals surface area contributed by atoms with Crippen LogP contribution in [0.3, 0.4) is 0 Å². The van der Waals surface area contributed by atoms with Crippen molar-refractivity contribution in [3.63, 3.8) is 0 Å². The van der Waals surface area contributed by atoms with E-state index in [2.05, 4.69) is 25.5 Å². The molecule has 0 radical (unpaired) electrons. The van der Waals surface area contributed by atoms with Crippen molar-refractivity contribution in [1.82, 2.24) is 9.29 Å². The summed E-state index contributed by atoms with van der Waals surface area (Å²) in [5.74, 6) is -4.09. The highest BCUT2D eigenvalue weighted by molar-refractivity contribution is 7.84. The average Bonchev–Trinajstić information content (AvgIpc) is 3.24. The van der Waals surface area contributed by atoms with Gasteiger partial charge in [-0.3, -0.25) is 19.5 Å². The van der Waals surface area contributed by atoms with E-state index < -0.39 is 81.5 Å². The van der Waals surface area contributed by atoms with Crippen LogP contribution in [-0.4, -0.2) is 81.1 Å². The summed E-state index contributed by atoms with van der Waals surface area (Å²) in [5.41, 5.74) is 4.71. The molecule has 1 aromatic heterocycles. The second kappa shape index (κ2) is 12.6. The summed E-state index contributed by atoms with van der Waals surface area (Å²) in [7, 11) is -4.99. The number of nitrogens with zero attached hydrogens (tertiary/aromatic N) is 6. The normalized spacial score (nSPS) is 18.0. The SMILES string of the molecule is CC(C)(C)OC(=O)Nc1nc(/C(=N/OC(C)(C)C(=O)OC(C)(C)C)C(=O)C[C@@H]2C(=O)N(S(=O)(=O)O)[C@@H]2CN=[N+]=[N-])cs1. The van der Waals surface area contributed by atoms with Gasteiger partial charge in [0.15, 0.2) is 16.6 Å². The molecule has 0 unspecified atom stereocenters. The van der Waals surface area contributed by atoms with E-state index in [0.717, 1.165) is 11.3 Å². The van der Waals surface area contributed by atoms with Crippen molar-refractivity contribution in [2.45, 2.75) is 84.7 Å². The number of anilines is 1. The van der Waals surface area contributed by atoms with Gasteiger partial charge in [0.05, 0.1) is 12.0 Å². The largest absolute Gasteiger partial charge is 0.457 e. The number of nitrogens with one attached hydrogen (secondary N) is 1. The number of carbonyl (C=O) groups excluding carboxylic acids is 4. The number of carbonyl (C=O) groups is 4. The lowest BCUT2D eigenvalue weighted by Crippen LogP contribution is -2.64. The topological polar surface area (TPSA) is 240 Å². The molecule has 0 saturated carbocycles. The molecular formula is C23H33N7O10S2. The van der Waals surface area contributed by atoms with Gasteiger partial charge in [-0.1, -0.05) is 10.3 Å². The first-order valence-electron chi connectivity index (χ1n) is 12.4. The third-order valence-corrected chi connectivity index (χ3v) is 6.87. The number of ketones is 1. The summed E-state index contributed by atoms with van der Waals surface area (Å²) in [5, 5.41) is 10.9. The number of amides is 2. The molecule has 1 aliphatic heterocycles. The van der Waals surface area contributed by atoms with Gasteiger partial charge in [-0.25, -0.2) is 18.9 Å². The predicted molar refractivity (Wildman–Crippen MR) is 149 cm³/mol. The monoisotopic (exact) mass is 631 g/mol. The van der Waals surface area contributed by atoms with Gasteiger partial charge in [0.25, 0.3) is 0 Å². The Bertz CT molecular complexity index is 1420. The Morgan fingerprint density at radius 1 is 1.14 bits per heavy atom. The minimum absolute atomic E-state index is 0.0182. The van der Waals surface area contributed by atoms with E-state index in [1.165, 1.54) is 19.2 Å². The number of azide groups is 1. The van der Waals surface area contributed by atoms with Crippen LogP contribution in [0.5, 0.6) is 0 Å². The van der Waals surface area contributed by atoms with Crippen molar-refractivity contribution in [3.05, 3.63) is 21.5 Å². The fourth-order valence-corrected chi connectivity index (χ4v) is 4.97. The molecule has 1 saturated heterocycles. The third-order valence-electron chi connectivity index (χ3n) is 5.16. The summed E-state index contributed by atoms with van der Waals surface area (Å²) in [6.07, 6.45) is -1.47. The number of rotatable bonds is 11. The standard InChI is InChI=1S/C23H33N7O10S2/c1-21(2,3)38-18(33)23(7,8)40-28-16(13-11-41-19(26-13)27-20(34)39-22(4,5)6)15(31)9-12-14(10-25-29-24)30(17(12)32)42(35,36)37/h11-12,14H,9-10H2,1-8H3,(H,26,27,34)(H,35,36,37)/b28-16-/t12-,14+/m0/s1. The third kappa shape index (κ3) is 9.37. The van der Waals surface area contributed by atoms with Crippen LogP contribution in [0.1, 0.15) is 67.5 Å². The summed E-state index contributed by atoms with van der Waals surface area (Å²) in [6.45, 7) is 12.1. The highest BCUT2D eigenvalue weighted by atomic mass is 32.2. The molecule has 0 aliphatic carbocycles. The zero-order valence-corrected chi connectivity index (χ0v) is 25.9. The maximum atomic E-state index is 13.4. The van der Waals surface area contributed by atoms with Gasteiger partial charge in [0.2, 0.25) is 11.5 Å². The Morgan fingerprint density at radius 2 is 1.74 bits per heavy atom. The molecule has 2 N–H and O–H groups in total. The highest BCUT2D eigenvalue weighted by Gasteiger charge is 2.53. The maximum Gasteiger partial charge on any atom is 0.413 e. The molecule has 232 valence electrons. The molecule has 1 aliphatic rings. The summed E-state index contributed by atoms with van der Waals surface area (Å²) in [6, 6.07) is -1.34. The number of thiazole rings is 1. The second-order valence-electron chi connectivity index (χ2n) is 11.5. The van der Waals surface area contributed by atoms with Crippen LogP contribution in [0.2, 0.25) is 0 Å². The predicted octanol–water partition coefficient (Wildman–Crippen LogP) is 3.23. The second-order valence-corrected chi connectivity index (χ2v) is 13.7. The van der Waals surface area contributed by atoms with Crippen LogP contribution in [0.15, 0.2) is 15.7 Å². The molecule has 19 heteroatoms. The molecule has 17 nitrogen and oxygen atoms in total. The Balaban J connectivity index is 2.42. The molecule has 1 fully saturated rings. The number of hydrogen-bond donors (Lipinski definition) is 2. The number of Topliss-reactive ketones (excluding diaryl/α,β-unsaturated/α-hetero) is 1. The molecule has 0 bridgehead atoms. The molecule has 2 heterocycles. The number of hydrogen-bond acceptors (Lipinski definition) is 13. The first-order chi connectivity index (χ1) is 19.1. The Hall–Kier alpha value is -3.80. The number of ether oxygens (including phenoxy) is 2. The van der Waals surface area contributed by atoms with Gasteiger partial charge in [-0.05, 0) is 60.9 Å². The fraction of sp³-hybridized carbons (Fsp3) is 0.652. The summed E-state index contributed by atoms with van der Waals surface area (Å²) >= 11 is 0.906. The maximum absolute atomic E-state index is 13.4. The number of esters is 1. The Kier molecular flexibility index (Phi) is 10.3. The summed E-state index contributed by atoms with van der Waals surface area (Å²) in [4.78, 5) is 62.9. The number of oxime groups is 1. The lowest BCUT2D eigenvalue weighted by atomic mass is 9.85. The molecule has 2 atom stereocenters. The minimum atomic E-state index is -4.99. The van der Waals surface area contributed by atoms with E-state index in [0.29, 0.717) is 0 Å². The van der Waals surface area contributed by atoms with Gasteiger partial charge in [0.1, 0.15) is 16.9 Å². The van der Waals surface area contributed by atoms with Gasteiger partial charge in [0, 0.05) is 23.3 Å². The van der Waals surface area contributed by atoms with Crippen LogP contribution in [-0.2, 0) is 39.0 Å². The van der Waals surface area contributed by atoms with E-state index in [1.54, 1.807) is 41.5 Å². The van der Waals surface area contributed by atoms with Gasteiger partial charge in [-0.15, -0.1) is 11.3 Å². The van der Waals surface area contributed by atoms with Gasteiger partial charge >= 0.3 is 22.4 Å². The fourth-order valence-electron chi connectivity index (χ4n) is 3.37. The highest BCUT2D eigenvalue weighted by Crippen LogP contribution is 2.33. The lowest BCUT2D eigenvalue weighted by molar-refractivity contribution is -0.179. The van der Waals surface area contributed by atoms with Crippen molar-refractivity contribution in [2.75, 3.05) is 11.9 Å². The zero-order chi connectivity index (χ0) is 32.3. The smallest absolute Gasteiger partial charge is 0.413 e. The Labute approximate surface area is 246 Å². The van der Waals surface area contributed by atoms with E-state index in [1.807, 2.05) is 0 Å². The van der Waals surface area contributed by atoms with Crippen molar-refractivity contribution in [1.29, 1.82) is 0 Å². The molecule has 2 rings (SSSR count). The minimum Gasteiger partial charge on any atom is -0.457 e. The molecule has 1 aromatic rings. The zero-order valence-electron chi connectivity index (χ0n) is 24.3. The van der Waals surface area contributed by atoms with Crippen molar-refractivity contribution >= 4 is 56.2 Å². The number of aromatic nitrogens is 1. The van der Waals surface area contributed by atoms with E-state index >= 15 is 0 Å². The van der Waals surface area contributed by atoms with Crippen molar-refractivity contribution in [3.8, 4) is 0 Å². The average molecular weight is 632 g/mol. The molecule has 0 spiro atoms. The molecule has 2 amide bonds. The Morgan fingerprint density at radius 3 is 2.26 bits per heavy atom.